The number of ether oxygens (including phenoxy) is 4. The SMILES string of the molecule is C=C1C(=O)OC2C1CCC(C)=CCCC1(C)OC21.COc1cccc(-c2cc(=O)c3ccc(OC)cc3o2)c1. The first-order chi connectivity index (χ1) is 18.7. The van der Waals surface area contributed by atoms with Gasteiger partial charge in [-0.2, -0.15) is 0 Å². The maximum absolute atomic E-state index is 12.2. The number of rotatable bonds is 3. The maximum Gasteiger partial charge on any atom is 0.334 e. The zero-order valence-electron chi connectivity index (χ0n) is 22.8. The highest BCUT2D eigenvalue weighted by Gasteiger charge is 2.61. The average molecular weight is 531 g/mol. The molecule has 39 heavy (non-hydrogen) atoms. The number of benzene rings is 2. The highest BCUT2D eigenvalue weighted by atomic mass is 16.6. The molecule has 0 bridgehead atoms. The largest absolute Gasteiger partial charge is 0.497 e. The van der Waals surface area contributed by atoms with E-state index in [1.54, 1.807) is 32.4 Å². The van der Waals surface area contributed by atoms with Crippen molar-refractivity contribution in [1.29, 1.82) is 0 Å². The third-order valence-electron chi connectivity index (χ3n) is 7.86. The van der Waals surface area contributed by atoms with E-state index in [1.807, 2.05) is 24.3 Å². The second-order valence-electron chi connectivity index (χ2n) is 10.5. The van der Waals surface area contributed by atoms with Crippen LogP contribution in [0.1, 0.15) is 39.5 Å². The number of epoxide rings is 1. The van der Waals surface area contributed by atoms with Crippen LogP contribution in [-0.4, -0.2) is 38.0 Å². The first-order valence-corrected chi connectivity index (χ1v) is 13.2. The minimum absolute atomic E-state index is 0.0671. The van der Waals surface area contributed by atoms with Crippen molar-refractivity contribution >= 4 is 16.9 Å². The molecular formula is C32H34O7. The predicted octanol–water partition coefficient (Wildman–Crippen LogP) is 6.24. The van der Waals surface area contributed by atoms with Gasteiger partial charge in [-0.25, -0.2) is 4.79 Å². The summed E-state index contributed by atoms with van der Waals surface area (Å²) in [5, 5.41) is 0.530. The van der Waals surface area contributed by atoms with Gasteiger partial charge in [0.25, 0.3) is 0 Å². The van der Waals surface area contributed by atoms with E-state index in [4.69, 9.17) is 23.4 Å². The summed E-state index contributed by atoms with van der Waals surface area (Å²) in [6, 6.07) is 14.0. The minimum atomic E-state index is -0.233. The lowest BCUT2D eigenvalue weighted by atomic mass is 9.84. The molecule has 4 atom stereocenters. The van der Waals surface area contributed by atoms with Gasteiger partial charge >= 0.3 is 5.97 Å². The lowest BCUT2D eigenvalue weighted by Crippen LogP contribution is -2.28. The molecule has 4 unspecified atom stereocenters. The van der Waals surface area contributed by atoms with Crippen LogP contribution in [0.15, 0.2) is 81.5 Å². The van der Waals surface area contributed by atoms with Crippen LogP contribution in [-0.2, 0) is 14.3 Å². The standard InChI is InChI=1S/C17H14O4.C15H20O3/c1-19-12-5-3-4-11(8-12)16-10-15(18)14-7-6-13(20-2)9-17(14)21-16;1-9-5-4-8-15(3)13(18-15)12-11(7-6-9)10(2)14(16)17-12/h3-10H,1-2H3;5,11-13H,2,4,6-8H2,1,3H3. The zero-order valence-corrected chi connectivity index (χ0v) is 22.8. The Labute approximate surface area is 228 Å². The fourth-order valence-corrected chi connectivity index (χ4v) is 5.39. The number of hydrogen-bond donors (Lipinski definition) is 0. The number of allylic oxidation sites excluding steroid dienone is 2. The van der Waals surface area contributed by atoms with Crippen molar-refractivity contribution < 1.29 is 28.2 Å². The van der Waals surface area contributed by atoms with E-state index in [0.29, 0.717) is 33.8 Å². The van der Waals surface area contributed by atoms with Gasteiger partial charge in [-0.05, 0) is 63.8 Å². The zero-order chi connectivity index (χ0) is 27.7. The van der Waals surface area contributed by atoms with E-state index < -0.39 is 0 Å². The lowest BCUT2D eigenvalue weighted by molar-refractivity contribution is -0.140. The van der Waals surface area contributed by atoms with Gasteiger partial charge in [0.1, 0.15) is 35.1 Å². The van der Waals surface area contributed by atoms with Crippen molar-refractivity contribution in [3.05, 3.63) is 82.6 Å². The Hall–Kier alpha value is -3.84. The number of esters is 1. The predicted molar refractivity (Wildman–Crippen MR) is 149 cm³/mol. The molecule has 1 aromatic heterocycles. The molecule has 2 aliphatic heterocycles. The van der Waals surface area contributed by atoms with Crippen LogP contribution in [0, 0.1) is 5.92 Å². The van der Waals surface area contributed by atoms with Crippen molar-refractivity contribution in [2.24, 2.45) is 5.92 Å². The van der Waals surface area contributed by atoms with Gasteiger partial charge in [-0.3, -0.25) is 4.79 Å². The Kier molecular flexibility index (Phi) is 7.36. The minimum Gasteiger partial charge on any atom is -0.497 e. The van der Waals surface area contributed by atoms with Crippen LogP contribution < -0.4 is 14.9 Å². The van der Waals surface area contributed by atoms with Crippen molar-refractivity contribution in [1.82, 2.24) is 0 Å². The van der Waals surface area contributed by atoms with E-state index in [-0.39, 0.29) is 35.1 Å². The molecule has 7 nitrogen and oxygen atoms in total. The molecule has 0 N–H and O–H groups in total. The van der Waals surface area contributed by atoms with Gasteiger partial charge < -0.3 is 23.4 Å². The second kappa shape index (κ2) is 10.7. The average Bonchev–Trinajstić information content (AvgIpc) is 3.53. The van der Waals surface area contributed by atoms with Crippen LogP contribution in [0.4, 0.5) is 0 Å². The molecule has 3 aliphatic rings. The third-order valence-corrected chi connectivity index (χ3v) is 7.86. The van der Waals surface area contributed by atoms with Gasteiger partial charge in [0.2, 0.25) is 0 Å². The fraction of sp³-hybridized carbons (Fsp3) is 0.375. The quantitative estimate of drug-likeness (QED) is 0.171. The summed E-state index contributed by atoms with van der Waals surface area (Å²) >= 11 is 0. The molecule has 0 radical (unpaired) electrons. The molecule has 204 valence electrons. The van der Waals surface area contributed by atoms with Crippen LogP contribution >= 0.6 is 0 Å². The molecule has 6 rings (SSSR count). The maximum atomic E-state index is 12.2. The Morgan fingerprint density at radius 2 is 1.79 bits per heavy atom. The van der Waals surface area contributed by atoms with E-state index in [2.05, 4.69) is 26.5 Å². The van der Waals surface area contributed by atoms with E-state index in [9.17, 15) is 9.59 Å². The summed E-state index contributed by atoms with van der Waals surface area (Å²) in [5.74, 6) is 1.75. The normalized spacial score (nSPS) is 25.8. The third kappa shape index (κ3) is 5.50. The number of hydrogen-bond acceptors (Lipinski definition) is 7. The Bertz CT molecular complexity index is 1500. The summed E-state index contributed by atoms with van der Waals surface area (Å²) in [6.45, 7) is 8.17. The van der Waals surface area contributed by atoms with Crippen LogP contribution in [0.3, 0.4) is 0 Å². The Morgan fingerprint density at radius 1 is 1.03 bits per heavy atom. The van der Waals surface area contributed by atoms with Crippen molar-refractivity contribution in [3.63, 3.8) is 0 Å². The van der Waals surface area contributed by atoms with Crippen LogP contribution in [0.5, 0.6) is 11.5 Å². The molecule has 0 amide bonds. The number of methoxy groups -OCH3 is 2. The van der Waals surface area contributed by atoms with Gasteiger partial charge in [-0.1, -0.05) is 30.4 Å². The molecule has 3 heterocycles. The number of fused-ring (bicyclic) bond motifs is 4. The van der Waals surface area contributed by atoms with Crippen molar-refractivity contribution in [3.8, 4) is 22.8 Å². The topological polar surface area (TPSA) is 87.5 Å². The summed E-state index contributed by atoms with van der Waals surface area (Å²) in [6.07, 6.45) is 6.25. The van der Waals surface area contributed by atoms with Gasteiger partial charge in [0, 0.05) is 29.2 Å². The molecule has 2 saturated heterocycles. The monoisotopic (exact) mass is 530 g/mol. The van der Waals surface area contributed by atoms with E-state index >= 15 is 0 Å². The molecule has 2 aromatic carbocycles. The molecular weight excluding hydrogens is 496 g/mol. The summed E-state index contributed by atoms with van der Waals surface area (Å²) in [4.78, 5) is 23.9. The van der Waals surface area contributed by atoms with E-state index in [0.717, 1.165) is 31.2 Å². The number of carbonyl (C=O) groups excluding carboxylic acids is 1. The van der Waals surface area contributed by atoms with Gasteiger partial charge in [-0.15, -0.1) is 0 Å². The molecule has 7 heteroatoms. The Morgan fingerprint density at radius 3 is 2.56 bits per heavy atom. The first kappa shape index (κ1) is 26.8. The second-order valence-corrected chi connectivity index (χ2v) is 10.5. The first-order valence-electron chi connectivity index (χ1n) is 13.2. The molecule has 3 aromatic rings. The highest BCUT2D eigenvalue weighted by molar-refractivity contribution is 5.91. The van der Waals surface area contributed by atoms with E-state index in [1.165, 1.54) is 11.6 Å². The molecule has 0 saturated carbocycles. The molecule has 1 aliphatic carbocycles. The van der Waals surface area contributed by atoms with Crippen molar-refractivity contribution in [2.45, 2.75) is 57.3 Å². The molecule has 2 fully saturated rings. The summed E-state index contributed by atoms with van der Waals surface area (Å²) < 4.78 is 27.5. The smallest absolute Gasteiger partial charge is 0.334 e. The fourth-order valence-electron chi connectivity index (χ4n) is 5.39. The van der Waals surface area contributed by atoms with Gasteiger partial charge in [0.15, 0.2) is 5.43 Å². The summed E-state index contributed by atoms with van der Waals surface area (Å²) in [7, 11) is 3.17. The highest BCUT2D eigenvalue weighted by Crippen LogP contribution is 2.49. The van der Waals surface area contributed by atoms with Crippen LogP contribution in [0.2, 0.25) is 0 Å². The molecule has 0 spiro atoms. The van der Waals surface area contributed by atoms with Crippen molar-refractivity contribution in [2.75, 3.05) is 14.2 Å². The van der Waals surface area contributed by atoms with Gasteiger partial charge in [0.05, 0.1) is 25.2 Å². The number of carbonyl (C=O) groups is 1. The Balaban J connectivity index is 0.000000160. The van der Waals surface area contributed by atoms with Crippen LogP contribution in [0.25, 0.3) is 22.3 Å². The lowest BCUT2D eigenvalue weighted by Gasteiger charge is -2.19. The summed E-state index contributed by atoms with van der Waals surface area (Å²) in [5.41, 5.74) is 3.12.